The number of allylic oxidation sites excluding steroid dienone is 2. The highest BCUT2D eigenvalue weighted by Gasteiger charge is 2.53. The number of anilines is 1. The summed E-state index contributed by atoms with van der Waals surface area (Å²) < 4.78 is 1.03. The van der Waals surface area contributed by atoms with Crippen LogP contribution in [0, 0.1) is 17.8 Å². The molecule has 2 aliphatic rings. The number of benzene rings is 1. The van der Waals surface area contributed by atoms with E-state index in [9.17, 15) is 4.79 Å². The van der Waals surface area contributed by atoms with E-state index in [1.165, 1.54) is 12.8 Å². The molecule has 0 bridgehead atoms. The van der Waals surface area contributed by atoms with E-state index in [1.54, 1.807) is 0 Å². The van der Waals surface area contributed by atoms with E-state index in [2.05, 4.69) is 33.4 Å². The molecule has 3 atom stereocenters. The molecule has 3 rings (SSSR count). The van der Waals surface area contributed by atoms with Crippen molar-refractivity contribution in [1.29, 1.82) is 0 Å². The maximum atomic E-state index is 12.3. The number of hydrogen-bond acceptors (Lipinski definition) is 1. The number of rotatable bonds is 2. The van der Waals surface area contributed by atoms with Gasteiger partial charge in [-0.2, -0.15) is 0 Å². The Labute approximate surface area is 122 Å². The smallest absolute Gasteiger partial charge is 0.228 e. The van der Waals surface area contributed by atoms with Crippen molar-refractivity contribution in [3.63, 3.8) is 0 Å². The third kappa shape index (κ3) is 2.92. The van der Waals surface area contributed by atoms with Crippen molar-refractivity contribution in [2.75, 3.05) is 5.32 Å². The Hall–Kier alpha value is -1.09. The molecular formula is C16H18BrNO. The molecule has 1 unspecified atom stereocenters. The summed E-state index contributed by atoms with van der Waals surface area (Å²) in [6.07, 6.45) is 9.11. The van der Waals surface area contributed by atoms with Crippen molar-refractivity contribution in [3.05, 3.63) is 40.9 Å². The summed E-state index contributed by atoms with van der Waals surface area (Å²) in [6, 6.07) is 7.78. The van der Waals surface area contributed by atoms with Gasteiger partial charge >= 0.3 is 0 Å². The van der Waals surface area contributed by atoms with Crippen molar-refractivity contribution in [1.82, 2.24) is 0 Å². The molecule has 100 valence electrons. The van der Waals surface area contributed by atoms with Gasteiger partial charge in [0.15, 0.2) is 0 Å². The number of halogens is 1. The van der Waals surface area contributed by atoms with Crippen molar-refractivity contribution >= 4 is 27.5 Å². The second-order valence-corrected chi connectivity index (χ2v) is 6.39. The summed E-state index contributed by atoms with van der Waals surface area (Å²) in [5, 5.41) is 3.05. The number of fused-ring (bicyclic) bond motifs is 1. The van der Waals surface area contributed by atoms with Crippen LogP contribution in [-0.2, 0) is 4.79 Å². The third-order valence-electron chi connectivity index (χ3n) is 4.25. The molecule has 1 saturated carbocycles. The van der Waals surface area contributed by atoms with Crippen LogP contribution >= 0.6 is 15.9 Å². The lowest BCUT2D eigenvalue weighted by atomic mass is 10.1. The standard InChI is InChI=1S/C16H18BrNO/c17-11-7-9-12(10-8-11)18-16(19)15-13-5-3-1-2-4-6-14(13)15/h1-2,7-10,13-15H,3-6H2,(H,18,19)/t13-,14+,15?. The minimum absolute atomic E-state index is 0.208. The quantitative estimate of drug-likeness (QED) is 0.805. The van der Waals surface area contributed by atoms with Crippen LogP contribution in [0.5, 0.6) is 0 Å². The summed E-state index contributed by atoms with van der Waals surface area (Å²) in [5.74, 6) is 1.67. The highest BCUT2D eigenvalue weighted by molar-refractivity contribution is 9.10. The third-order valence-corrected chi connectivity index (χ3v) is 4.77. The van der Waals surface area contributed by atoms with Gasteiger partial charge in [0.25, 0.3) is 0 Å². The fourth-order valence-corrected chi connectivity index (χ4v) is 3.46. The van der Waals surface area contributed by atoms with E-state index in [-0.39, 0.29) is 11.8 Å². The van der Waals surface area contributed by atoms with Crippen LogP contribution in [0.3, 0.4) is 0 Å². The highest BCUT2D eigenvalue weighted by atomic mass is 79.9. The molecule has 1 fully saturated rings. The van der Waals surface area contributed by atoms with Crippen molar-refractivity contribution in [2.45, 2.75) is 25.7 Å². The number of amides is 1. The molecule has 0 heterocycles. The zero-order valence-corrected chi connectivity index (χ0v) is 12.4. The van der Waals surface area contributed by atoms with Gasteiger partial charge in [-0.15, -0.1) is 0 Å². The average Bonchev–Trinajstić information content (AvgIpc) is 3.03. The van der Waals surface area contributed by atoms with Gasteiger partial charge in [0.05, 0.1) is 0 Å². The van der Waals surface area contributed by atoms with Gasteiger partial charge in [0.2, 0.25) is 5.91 Å². The monoisotopic (exact) mass is 319 g/mol. The van der Waals surface area contributed by atoms with Crippen LogP contribution in [0.2, 0.25) is 0 Å². The first-order chi connectivity index (χ1) is 9.25. The average molecular weight is 320 g/mol. The van der Waals surface area contributed by atoms with E-state index in [0.29, 0.717) is 11.8 Å². The molecule has 1 aromatic carbocycles. The summed E-state index contributed by atoms with van der Waals surface area (Å²) in [5.41, 5.74) is 0.894. The molecule has 3 heteroatoms. The SMILES string of the molecule is O=C(Nc1ccc(Br)cc1)C1[C@H]2CCC=CCC[C@@H]12. The minimum Gasteiger partial charge on any atom is -0.326 e. The second kappa shape index (κ2) is 5.49. The van der Waals surface area contributed by atoms with Crippen LogP contribution in [0.25, 0.3) is 0 Å². The Balaban J connectivity index is 1.61. The van der Waals surface area contributed by atoms with Crippen molar-refractivity contribution in [3.8, 4) is 0 Å². The number of nitrogens with one attached hydrogen (secondary N) is 1. The predicted octanol–water partition coefficient (Wildman–Crippen LogP) is 4.38. The van der Waals surface area contributed by atoms with Crippen LogP contribution in [0.4, 0.5) is 5.69 Å². The molecule has 1 aromatic rings. The Morgan fingerprint density at radius 3 is 2.21 bits per heavy atom. The number of hydrogen-bond donors (Lipinski definition) is 1. The first kappa shape index (κ1) is 12.9. The molecule has 1 amide bonds. The molecule has 19 heavy (non-hydrogen) atoms. The van der Waals surface area contributed by atoms with Gasteiger partial charge in [-0.25, -0.2) is 0 Å². The summed E-state index contributed by atoms with van der Waals surface area (Å²) in [6.45, 7) is 0. The number of carbonyl (C=O) groups excluding carboxylic acids is 1. The number of carbonyl (C=O) groups is 1. The van der Waals surface area contributed by atoms with E-state index < -0.39 is 0 Å². The second-order valence-electron chi connectivity index (χ2n) is 5.48. The molecular weight excluding hydrogens is 302 g/mol. The zero-order chi connectivity index (χ0) is 13.2. The maximum absolute atomic E-state index is 12.3. The molecule has 0 aliphatic heterocycles. The fourth-order valence-electron chi connectivity index (χ4n) is 3.19. The molecule has 0 radical (unpaired) electrons. The van der Waals surface area contributed by atoms with Gasteiger partial charge < -0.3 is 5.32 Å². The topological polar surface area (TPSA) is 29.1 Å². The van der Waals surface area contributed by atoms with E-state index in [0.717, 1.165) is 23.0 Å². The fraction of sp³-hybridized carbons (Fsp3) is 0.438. The minimum atomic E-state index is 0.208. The van der Waals surface area contributed by atoms with Crippen LogP contribution in [0.15, 0.2) is 40.9 Å². The first-order valence-corrected chi connectivity index (χ1v) is 7.76. The largest absolute Gasteiger partial charge is 0.326 e. The van der Waals surface area contributed by atoms with Crippen LogP contribution < -0.4 is 5.32 Å². The van der Waals surface area contributed by atoms with Gasteiger partial charge in [-0.05, 0) is 61.8 Å². The van der Waals surface area contributed by atoms with Crippen LogP contribution in [-0.4, -0.2) is 5.91 Å². The lowest BCUT2D eigenvalue weighted by molar-refractivity contribution is -0.117. The highest BCUT2D eigenvalue weighted by Crippen LogP contribution is 2.53. The van der Waals surface area contributed by atoms with Gasteiger partial charge in [-0.3, -0.25) is 4.79 Å². The van der Waals surface area contributed by atoms with Crippen LogP contribution in [0.1, 0.15) is 25.7 Å². The normalized spacial score (nSPS) is 29.0. The predicted molar refractivity (Wildman–Crippen MR) is 80.8 cm³/mol. The van der Waals surface area contributed by atoms with E-state index in [1.807, 2.05) is 24.3 Å². The summed E-state index contributed by atoms with van der Waals surface area (Å²) in [7, 11) is 0. The summed E-state index contributed by atoms with van der Waals surface area (Å²) >= 11 is 3.40. The molecule has 2 nitrogen and oxygen atoms in total. The van der Waals surface area contributed by atoms with E-state index in [4.69, 9.17) is 0 Å². The Morgan fingerprint density at radius 2 is 1.63 bits per heavy atom. The van der Waals surface area contributed by atoms with Gasteiger partial charge in [0.1, 0.15) is 0 Å². The zero-order valence-electron chi connectivity index (χ0n) is 10.8. The molecule has 1 N–H and O–H groups in total. The molecule has 2 aliphatic carbocycles. The Morgan fingerprint density at radius 1 is 1.05 bits per heavy atom. The lowest BCUT2D eigenvalue weighted by Crippen LogP contribution is -2.15. The first-order valence-electron chi connectivity index (χ1n) is 6.97. The molecule has 0 aromatic heterocycles. The molecule has 0 saturated heterocycles. The van der Waals surface area contributed by atoms with Crippen molar-refractivity contribution < 1.29 is 4.79 Å². The van der Waals surface area contributed by atoms with Gasteiger partial charge in [0, 0.05) is 16.1 Å². The maximum Gasteiger partial charge on any atom is 0.228 e. The van der Waals surface area contributed by atoms with Gasteiger partial charge in [-0.1, -0.05) is 28.1 Å². The van der Waals surface area contributed by atoms with E-state index >= 15 is 0 Å². The summed E-state index contributed by atoms with van der Waals surface area (Å²) in [4.78, 5) is 12.3. The van der Waals surface area contributed by atoms with Crippen molar-refractivity contribution in [2.24, 2.45) is 17.8 Å². The Kier molecular flexibility index (Phi) is 3.74. The lowest BCUT2D eigenvalue weighted by Gasteiger charge is -2.04. The molecule has 0 spiro atoms. The Bertz CT molecular complexity index is 478.